The first-order chi connectivity index (χ1) is 8.03. The van der Waals surface area contributed by atoms with Gasteiger partial charge in [-0.05, 0) is 74.3 Å². The molecule has 1 unspecified atom stereocenters. The molecule has 2 saturated carbocycles. The Morgan fingerprint density at radius 1 is 1.12 bits per heavy atom. The van der Waals surface area contributed by atoms with Crippen LogP contribution in [0.4, 0.5) is 0 Å². The molecule has 0 amide bonds. The van der Waals surface area contributed by atoms with E-state index in [2.05, 4.69) is 33.0 Å². The second-order valence-electron chi connectivity index (χ2n) is 7.40. The van der Waals surface area contributed by atoms with Crippen molar-refractivity contribution in [2.75, 3.05) is 13.1 Å². The van der Waals surface area contributed by atoms with Crippen LogP contribution in [0.2, 0.25) is 0 Å². The predicted molar refractivity (Wildman–Crippen MR) is 75.0 cm³/mol. The van der Waals surface area contributed by atoms with Crippen LogP contribution in [0.1, 0.15) is 59.8 Å². The molecule has 2 fully saturated rings. The van der Waals surface area contributed by atoms with E-state index in [1.54, 1.807) is 0 Å². The third-order valence-electron chi connectivity index (χ3n) is 5.27. The van der Waals surface area contributed by atoms with Gasteiger partial charge >= 0.3 is 0 Å². The van der Waals surface area contributed by atoms with E-state index in [0.29, 0.717) is 0 Å². The number of nitrogens with one attached hydrogen (secondary N) is 1. The molecule has 1 N–H and O–H groups in total. The second-order valence-corrected chi connectivity index (χ2v) is 7.40. The lowest BCUT2D eigenvalue weighted by molar-refractivity contribution is 0.196. The lowest BCUT2D eigenvalue weighted by Gasteiger charge is -2.32. The summed E-state index contributed by atoms with van der Waals surface area (Å²) in [5.74, 6) is 3.73. The van der Waals surface area contributed by atoms with Crippen molar-refractivity contribution >= 4 is 0 Å². The lowest BCUT2D eigenvalue weighted by atomic mass is 9.74. The van der Waals surface area contributed by atoms with Crippen molar-refractivity contribution in [3.63, 3.8) is 0 Å². The predicted octanol–water partition coefficient (Wildman–Crippen LogP) is 4.08. The molecule has 17 heavy (non-hydrogen) atoms. The monoisotopic (exact) mass is 237 g/mol. The van der Waals surface area contributed by atoms with Crippen molar-refractivity contribution in [1.82, 2.24) is 5.32 Å². The second kappa shape index (κ2) is 5.30. The smallest absolute Gasteiger partial charge is 0.00149 e. The summed E-state index contributed by atoms with van der Waals surface area (Å²) in [4.78, 5) is 0. The molecule has 100 valence electrons. The zero-order valence-electron chi connectivity index (χ0n) is 12.3. The molecule has 1 spiro atoms. The highest BCUT2D eigenvalue weighted by molar-refractivity contribution is 5.05. The zero-order chi connectivity index (χ0) is 12.5. The maximum Gasteiger partial charge on any atom is -0.00149 e. The Morgan fingerprint density at radius 3 is 2.29 bits per heavy atom. The van der Waals surface area contributed by atoms with E-state index >= 15 is 0 Å². The van der Waals surface area contributed by atoms with Crippen LogP contribution in [0, 0.1) is 29.1 Å². The lowest BCUT2D eigenvalue weighted by Crippen LogP contribution is -2.26. The standard InChI is InChI=1S/C16H31N/c1-12(2)10-17-11-15-9-16(15)7-5-14(6-8-16)13(3)4/h12-15,17H,5-11H2,1-4H3. The van der Waals surface area contributed by atoms with E-state index in [0.717, 1.165) is 29.1 Å². The van der Waals surface area contributed by atoms with Crippen LogP contribution in [0.5, 0.6) is 0 Å². The summed E-state index contributed by atoms with van der Waals surface area (Å²) in [6, 6.07) is 0. The molecule has 0 bridgehead atoms. The molecule has 0 aromatic heterocycles. The Hall–Kier alpha value is -0.0400. The van der Waals surface area contributed by atoms with E-state index in [4.69, 9.17) is 0 Å². The molecular formula is C16H31N. The Labute approximate surface area is 108 Å². The van der Waals surface area contributed by atoms with Gasteiger partial charge in [-0.2, -0.15) is 0 Å². The average Bonchev–Trinajstić information content (AvgIpc) is 2.91. The molecule has 0 heterocycles. The van der Waals surface area contributed by atoms with E-state index in [-0.39, 0.29) is 0 Å². The van der Waals surface area contributed by atoms with Crippen LogP contribution < -0.4 is 5.32 Å². The fraction of sp³-hybridized carbons (Fsp3) is 1.00. The molecule has 0 aromatic carbocycles. The summed E-state index contributed by atoms with van der Waals surface area (Å²) in [5, 5.41) is 3.65. The highest BCUT2D eigenvalue weighted by atomic mass is 14.9. The molecule has 2 rings (SSSR count). The van der Waals surface area contributed by atoms with Gasteiger partial charge in [-0.15, -0.1) is 0 Å². The van der Waals surface area contributed by atoms with Crippen LogP contribution >= 0.6 is 0 Å². The van der Waals surface area contributed by atoms with Crippen LogP contribution in [0.3, 0.4) is 0 Å². The number of hydrogen-bond acceptors (Lipinski definition) is 1. The van der Waals surface area contributed by atoms with Crippen molar-refractivity contribution in [3.05, 3.63) is 0 Å². The summed E-state index contributed by atoms with van der Waals surface area (Å²) in [5.41, 5.74) is 0.787. The van der Waals surface area contributed by atoms with Crippen molar-refractivity contribution in [1.29, 1.82) is 0 Å². The van der Waals surface area contributed by atoms with Crippen LogP contribution in [0.25, 0.3) is 0 Å². The van der Waals surface area contributed by atoms with Crippen LogP contribution in [0.15, 0.2) is 0 Å². The number of rotatable bonds is 5. The normalized spacial score (nSPS) is 37.1. The van der Waals surface area contributed by atoms with Gasteiger partial charge < -0.3 is 5.32 Å². The van der Waals surface area contributed by atoms with Gasteiger partial charge in [0.2, 0.25) is 0 Å². The molecule has 0 saturated heterocycles. The van der Waals surface area contributed by atoms with Crippen molar-refractivity contribution in [3.8, 4) is 0 Å². The molecule has 1 atom stereocenters. The highest BCUT2D eigenvalue weighted by Crippen LogP contribution is 2.62. The van der Waals surface area contributed by atoms with Gasteiger partial charge in [0.1, 0.15) is 0 Å². The van der Waals surface area contributed by atoms with Gasteiger partial charge in [0.15, 0.2) is 0 Å². The first-order valence-electron chi connectivity index (χ1n) is 7.74. The fourth-order valence-corrected chi connectivity index (χ4v) is 3.76. The first-order valence-corrected chi connectivity index (χ1v) is 7.74. The van der Waals surface area contributed by atoms with Crippen LogP contribution in [-0.2, 0) is 0 Å². The summed E-state index contributed by atoms with van der Waals surface area (Å²) >= 11 is 0. The van der Waals surface area contributed by atoms with E-state index in [1.807, 2.05) is 0 Å². The molecule has 1 nitrogen and oxygen atoms in total. The largest absolute Gasteiger partial charge is 0.316 e. The van der Waals surface area contributed by atoms with Crippen molar-refractivity contribution in [2.24, 2.45) is 29.1 Å². The average molecular weight is 237 g/mol. The first kappa shape index (κ1) is 13.4. The molecule has 1 heteroatoms. The van der Waals surface area contributed by atoms with Gasteiger partial charge in [-0.25, -0.2) is 0 Å². The molecule has 0 aliphatic heterocycles. The minimum absolute atomic E-state index is 0.787. The Bertz CT molecular complexity index is 236. The minimum Gasteiger partial charge on any atom is -0.316 e. The molecule has 0 aromatic rings. The topological polar surface area (TPSA) is 12.0 Å². The molecular weight excluding hydrogens is 206 g/mol. The van der Waals surface area contributed by atoms with Gasteiger partial charge in [-0.1, -0.05) is 27.7 Å². The van der Waals surface area contributed by atoms with Crippen LogP contribution in [-0.4, -0.2) is 13.1 Å². The Morgan fingerprint density at radius 2 is 1.76 bits per heavy atom. The third kappa shape index (κ3) is 3.24. The van der Waals surface area contributed by atoms with E-state index in [1.165, 1.54) is 45.2 Å². The zero-order valence-corrected chi connectivity index (χ0v) is 12.3. The SMILES string of the molecule is CC(C)CNCC1CC12CCC(C(C)C)CC2. The summed E-state index contributed by atoms with van der Waals surface area (Å²) in [6.07, 6.45) is 7.55. The minimum atomic E-state index is 0.787. The summed E-state index contributed by atoms with van der Waals surface area (Å²) in [6.45, 7) is 11.9. The van der Waals surface area contributed by atoms with Gasteiger partial charge in [0.05, 0.1) is 0 Å². The highest BCUT2D eigenvalue weighted by Gasteiger charge is 2.54. The maximum atomic E-state index is 3.65. The van der Waals surface area contributed by atoms with Crippen molar-refractivity contribution < 1.29 is 0 Å². The molecule has 2 aliphatic carbocycles. The quantitative estimate of drug-likeness (QED) is 0.759. The number of hydrogen-bond donors (Lipinski definition) is 1. The van der Waals surface area contributed by atoms with Gasteiger partial charge in [0, 0.05) is 0 Å². The summed E-state index contributed by atoms with van der Waals surface area (Å²) in [7, 11) is 0. The maximum absolute atomic E-state index is 3.65. The van der Waals surface area contributed by atoms with Gasteiger partial charge in [-0.3, -0.25) is 0 Å². The fourth-order valence-electron chi connectivity index (χ4n) is 3.76. The Balaban J connectivity index is 1.68. The molecule has 0 radical (unpaired) electrons. The molecule has 2 aliphatic rings. The van der Waals surface area contributed by atoms with E-state index < -0.39 is 0 Å². The third-order valence-corrected chi connectivity index (χ3v) is 5.27. The summed E-state index contributed by atoms with van der Waals surface area (Å²) < 4.78 is 0. The van der Waals surface area contributed by atoms with E-state index in [9.17, 15) is 0 Å². The van der Waals surface area contributed by atoms with Crippen molar-refractivity contribution in [2.45, 2.75) is 59.8 Å². The Kier molecular flexibility index (Phi) is 4.18. The van der Waals surface area contributed by atoms with Gasteiger partial charge in [0.25, 0.3) is 0 Å².